The summed E-state index contributed by atoms with van der Waals surface area (Å²) in [5, 5.41) is 10.8. The maximum Gasteiger partial charge on any atom is 0.307 e. The zero-order chi connectivity index (χ0) is 34.5. The molecular weight excluding hydrogens is 628 g/mol. The Bertz CT molecular complexity index is 1730. The van der Waals surface area contributed by atoms with Gasteiger partial charge >= 0.3 is 5.97 Å². The van der Waals surface area contributed by atoms with Gasteiger partial charge in [0.1, 0.15) is 17.0 Å². The molecule has 2 saturated heterocycles. The van der Waals surface area contributed by atoms with Crippen LogP contribution in [0.25, 0.3) is 22.3 Å². The second kappa shape index (κ2) is 15.7. The lowest BCUT2D eigenvalue weighted by Gasteiger charge is -2.42. The average molecular weight is 676 g/mol. The second-order valence-electron chi connectivity index (χ2n) is 13.2. The maximum atomic E-state index is 15.4. The topological polar surface area (TPSA) is 112 Å². The van der Waals surface area contributed by atoms with E-state index in [1.165, 1.54) is 18.7 Å². The highest BCUT2D eigenvalue weighted by atomic mass is 19.1. The van der Waals surface area contributed by atoms with Gasteiger partial charge in [0.25, 0.3) is 0 Å². The summed E-state index contributed by atoms with van der Waals surface area (Å²) in [5.41, 5.74) is 2.05. The van der Waals surface area contributed by atoms with E-state index in [0.29, 0.717) is 17.3 Å². The first kappa shape index (κ1) is 34.8. The van der Waals surface area contributed by atoms with Gasteiger partial charge < -0.3 is 29.7 Å². The van der Waals surface area contributed by atoms with Crippen LogP contribution in [0.3, 0.4) is 0 Å². The van der Waals surface area contributed by atoms with Crippen LogP contribution < -0.4 is 16.0 Å². The molecule has 0 bridgehead atoms. The molecule has 0 spiro atoms. The number of anilines is 1. The Morgan fingerprint density at radius 3 is 2.57 bits per heavy atom. The van der Waals surface area contributed by atoms with E-state index in [2.05, 4.69) is 71.9 Å². The third kappa shape index (κ3) is 8.23. The van der Waals surface area contributed by atoms with Crippen LogP contribution in [0.15, 0.2) is 48.7 Å². The highest BCUT2D eigenvalue weighted by Crippen LogP contribution is 2.31. The first-order valence-corrected chi connectivity index (χ1v) is 17.2. The van der Waals surface area contributed by atoms with Crippen LogP contribution in [-0.4, -0.2) is 100 Å². The summed E-state index contributed by atoms with van der Waals surface area (Å²) < 4.78 is 37.3. The highest BCUT2D eigenvalue weighted by Gasteiger charge is 2.32. The van der Waals surface area contributed by atoms with Crippen molar-refractivity contribution in [1.82, 2.24) is 40.0 Å². The first-order chi connectivity index (χ1) is 23.7. The lowest BCUT2D eigenvalue weighted by molar-refractivity contribution is -0.141. The van der Waals surface area contributed by atoms with E-state index in [4.69, 9.17) is 4.74 Å². The van der Waals surface area contributed by atoms with Gasteiger partial charge in [-0.1, -0.05) is 37.3 Å². The lowest BCUT2D eigenvalue weighted by Crippen LogP contribution is -2.58. The van der Waals surface area contributed by atoms with Crippen molar-refractivity contribution in [2.75, 3.05) is 58.2 Å². The normalized spacial score (nSPS) is 21.1. The molecule has 0 aliphatic carbocycles. The summed E-state index contributed by atoms with van der Waals surface area (Å²) in [6.07, 6.45) is 1.79. The van der Waals surface area contributed by atoms with Crippen molar-refractivity contribution in [3.8, 4) is 11.3 Å². The van der Waals surface area contributed by atoms with Gasteiger partial charge in [0, 0.05) is 63.5 Å². The smallest absolute Gasteiger partial charge is 0.307 e. The third-order valence-corrected chi connectivity index (χ3v) is 9.88. The molecule has 0 amide bonds. The van der Waals surface area contributed by atoms with Gasteiger partial charge in [-0.15, -0.1) is 0 Å². The summed E-state index contributed by atoms with van der Waals surface area (Å²) in [7, 11) is 1.33. The highest BCUT2D eigenvalue weighted by molar-refractivity contribution is 5.83. The molecule has 4 heterocycles. The van der Waals surface area contributed by atoms with Crippen molar-refractivity contribution in [1.29, 1.82) is 0 Å². The fraction of sp³-hybridized carbons (Fsp3) is 0.500. The number of hydrogen-bond donors (Lipinski definition) is 3. The Kier molecular flexibility index (Phi) is 11.1. The van der Waals surface area contributed by atoms with E-state index in [9.17, 15) is 4.79 Å². The van der Waals surface area contributed by atoms with Gasteiger partial charge in [-0.25, -0.2) is 23.7 Å². The summed E-state index contributed by atoms with van der Waals surface area (Å²) >= 11 is 0. The van der Waals surface area contributed by atoms with Gasteiger partial charge in [0.15, 0.2) is 11.6 Å². The molecule has 4 atom stereocenters. The van der Waals surface area contributed by atoms with Crippen molar-refractivity contribution >= 4 is 23.0 Å². The van der Waals surface area contributed by atoms with Crippen LogP contribution in [0.1, 0.15) is 44.1 Å². The molecule has 4 aromatic rings. The molecule has 13 heteroatoms. The third-order valence-electron chi connectivity index (χ3n) is 9.88. The number of piperidine rings is 1. The summed E-state index contributed by atoms with van der Waals surface area (Å²) in [4.78, 5) is 30.2. The molecule has 0 radical (unpaired) electrons. The number of fused-ring (bicyclic) bond motifs is 1. The van der Waals surface area contributed by atoms with Crippen LogP contribution in [0, 0.1) is 24.5 Å². The number of benzene rings is 2. The minimum Gasteiger partial charge on any atom is -0.469 e. The molecule has 3 N–H and O–H groups in total. The standard InChI is InChI=1S/C36H47F2N9O2/c1-5-45-11-13-46(14-12-45)22-27-20-40-32(18-30(27)39-19-25-9-7-6-8-10-25)43-36-41-21-29(38)34(44-36)26-16-28(37)35-31(17-26)47(24(3)42-35)23(2)15-33(48)49-4/h6-10,16-17,21,23,27,30,32,39-40H,5,11-15,18-20,22H2,1-4H3,(H,41,43,44)/t23-,27?,30?,32?/m1/s1. The molecule has 11 nitrogen and oxygen atoms in total. The number of aromatic nitrogens is 4. The van der Waals surface area contributed by atoms with Crippen molar-refractivity contribution in [2.45, 2.75) is 58.4 Å². The number of aryl methyl sites for hydroxylation is 1. The number of rotatable bonds is 12. The minimum absolute atomic E-state index is 0.0250. The summed E-state index contributed by atoms with van der Waals surface area (Å²) in [6.45, 7) is 13.8. The zero-order valence-electron chi connectivity index (χ0n) is 28.8. The molecular formula is C36H47F2N9O2. The van der Waals surface area contributed by atoms with E-state index >= 15 is 8.78 Å². The number of nitrogens with one attached hydrogen (secondary N) is 3. The minimum atomic E-state index is -0.670. The molecule has 2 aromatic carbocycles. The molecule has 6 rings (SSSR count). The van der Waals surface area contributed by atoms with Crippen molar-refractivity contribution in [3.63, 3.8) is 0 Å². The maximum absolute atomic E-state index is 15.4. The lowest BCUT2D eigenvalue weighted by atomic mass is 9.90. The number of likely N-dealkylation sites (N-methyl/N-ethyl adjacent to an activating group) is 1. The number of imidazole rings is 1. The Morgan fingerprint density at radius 2 is 1.84 bits per heavy atom. The predicted octanol–water partition coefficient (Wildman–Crippen LogP) is 4.35. The number of carbonyl (C=O) groups is 1. The number of carbonyl (C=O) groups excluding carboxylic acids is 1. The summed E-state index contributed by atoms with van der Waals surface area (Å²) in [5.74, 6) is -0.489. The monoisotopic (exact) mass is 675 g/mol. The number of hydrogen-bond acceptors (Lipinski definition) is 10. The average Bonchev–Trinajstić information content (AvgIpc) is 3.46. The number of nitrogens with zero attached hydrogens (tertiary/aromatic N) is 6. The fourth-order valence-electron chi connectivity index (χ4n) is 7.15. The number of esters is 1. The van der Waals surface area contributed by atoms with Gasteiger partial charge in [0.05, 0.1) is 31.4 Å². The SMILES string of the molecule is CCN1CCN(CC2CNC(Nc3ncc(F)c(-c4cc(F)c5nc(C)n([C@H](C)CC(=O)OC)c5c4)n3)CC2NCc2ccccc2)CC1. The Morgan fingerprint density at radius 1 is 1.08 bits per heavy atom. The van der Waals surface area contributed by atoms with E-state index < -0.39 is 17.6 Å². The van der Waals surface area contributed by atoms with Crippen LogP contribution in [0.4, 0.5) is 14.7 Å². The van der Waals surface area contributed by atoms with E-state index in [1.54, 1.807) is 17.6 Å². The number of ether oxygens (including phenoxy) is 1. The van der Waals surface area contributed by atoms with Gasteiger partial charge in [-0.3, -0.25) is 10.1 Å². The zero-order valence-corrected chi connectivity index (χ0v) is 28.8. The Balaban J connectivity index is 1.20. The molecule has 2 aliphatic heterocycles. The quantitative estimate of drug-likeness (QED) is 0.188. The molecule has 2 aromatic heterocycles. The van der Waals surface area contributed by atoms with Crippen molar-refractivity contribution < 1.29 is 18.3 Å². The second-order valence-corrected chi connectivity index (χ2v) is 13.2. The molecule has 49 heavy (non-hydrogen) atoms. The number of methoxy groups -OCH3 is 1. The largest absolute Gasteiger partial charge is 0.469 e. The molecule has 262 valence electrons. The van der Waals surface area contributed by atoms with E-state index in [-0.39, 0.29) is 47.4 Å². The Labute approximate surface area is 286 Å². The number of piperazine rings is 1. The van der Waals surface area contributed by atoms with Gasteiger partial charge in [0.2, 0.25) is 5.95 Å². The van der Waals surface area contributed by atoms with Crippen LogP contribution in [-0.2, 0) is 16.1 Å². The number of halogens is 2. The van der Waals surface area contributed by atoms with E-state index in [1.807, 2.05) is 13.0 Å². The van der Waals surface area contributed by atoms with Crippen LogP contribution in [0.2, 0.25) is 0 Å². The van der Waals surface area contributed by atoms with Gasteiger partial charge in [-0.05, 0) is 50.4 Å². The molecule has 3 unspecified atom stereocenters. The van der Waals surface area contributed by atoms with Crippen LogP contribution >= 0.6 is 0 Å². The molecule has 2 aliphatic rings. The fourth-order valence-corrected chi connectivity index (χ4v) is 7.15. The predicted molar refractivity (Wildman–Crippen MR) is 186 cm³/mol. The Hall–Kier alpha value is -4.04. The molecule has 2 fully saturated rings. The molecule has 0 saturated carbocycles. The van der Waals surface area contributed by atoms with E-state index in [0.717, 1.165) is 65.0 Å². The first-order valence-electron chi connectivity index (χ1n) is 17.2. The van der Waals surface area contributed by atoms with Crippen LogP contribution in [0.5, 0.6) is 0 Å². The van der Waals surface area contributed by atoms with Crippen molar-refractivity contribution in [2.24, 2.45) is 5.92 Å². The summed E-state index contributed by atoms with van der Waals surface area (Å²) in [6, 6.07) is 13.2. The van der Waals surface area contributed by atoms with Gasteiger partial charge in [-0.2, -0.15) is 0 Å². The van der Waals surface area contributed by atoms with Crippen molar-refractivity contribution in [3.05, 3.63) is 71.7 Å².